The van der Waals surface area contributed by atoms with Crippen molar-refractivity contribution in [3.8, 4) is 11.1 Å². The van der Waals surface area contributed by atoms with E-state index < -0.39 is 30.2 Å². The molecule has 4 rings (SSSR count). The van der Waals surface area contributed by atoms with E-state index in [1.165, 1.54) is 18.5 Å². The third-order valence-corrected chi connectivity index (χ3v) is 5.46. The fraction of sp³-hybridized carbons (Fsp3) is 0.316. The monoisotopic (exact) mass is 382 g/mol. The predicted molar refractivity (Wildman–Crippen MR) is 103 cm³/mol. The van der Waals surface area contributed by atoms with Gasteiger partial charge in [0, 0.05) is 29.0 Å². The van der Waals surface area contributed by atoms with Crippen molar-refractivity contribution in [1.29, 1.82) is 0 Å². The number of pyridine rings is 2. The molecule has 0 saturated carbocycles. The Bertz CT molecular complexity index is 1060. The number of nitrogens with two attached hydrogens (primary N) is 1. The molecular formula is C19H20BFN4O3. The zero-order valence-corrected chi connectivity index (χ0v) is 16.1. The molecule has 0 atom stereocenters. The minimum atomic E-state index is -0.622. The van der Waals surface area contributed by atoms with Crippen LogP contribution in [0.3, 0.4) is 0 Å². The molecule has 0 bridgehead atoms. The largest absolute Gasteiger partial charge is 0.496 e. The topological polar surface area (TPSA) is 91.7 Å². The van der Waals surface area contributed by atoms with Crippen molar-refractivity contribution in [2.45, 2.75) is 38.9 Å². The maximum absolute atomic E-state index is 13.3. The van der Waals surface area contributed by atoms with Crippen molar-refractivity contribution >= 4 is 24.0 Å². The highest BCUT2D eigenvalue weighted by atomic mass is 19.1. The molecule has 7 nitrogen and oxygen atoms in total. The van der Waals surface area contributed by atoms with E-state index in [0.717, 1.165) is 0 Å². The number of halogens is 1. The molecular weight excluding hydrogens is 362 g/mol. The molecule has 28 heavy (non-hydrogen) atoms. The van der Waals surface area contributed by atoms with Crippen LogP contribution in [0.15, 0.2) is 36.8 Å². The Morgan fingerprint density at radius 2 is 1.86 bits per heavy atom. The summed E-state index contributed by atoms with van der Waals surface area (Å²) in [5.41, 5.74) is 7.24. The lowest BCUT2D eigenvalue weighted by Gasteiger charge is -2.32. The van der Waals surface area contributed by atoms with E-state index in [4.69, 9.17) is 15.0 Å². The number of fused-ring (bicyclic) bond motifs is 1. The number of hydrogen-bond donors (Lipinski definition) is 1. The molecule has 1 amide bonds. The lowest BCUT2D eigenvalue weighted by Crippen LogP contribution is -2.41. The first-order valence-electron chi connectivity index (χ1n) is 8.88. The molecule has 0 spiro atoms. The molecule has 3 aromatic heterocycles. The second-order valence-corrected chi connectivity index (χ2v) is 7.86. The summed E-state index contributed by atoms with van der Waals surface area (Å²) in [6.45, 7) is 7.87. The second-order valence-electron chi connectivity index (χ2n) is 7.86. The maximum Gasteiger partial charge on any atom is 0.496 e. The summed E-state index contributed by atoms with van der Waals surface area (Å²) in [5.74, 6) is -1.19. The molecule has 144 valence electrons. The zero-order valence-electron chi connectivity index (χ0n) is 16.1. The maximum atomic E-state index is 13.3. The van der Waals surface area contributed by atoms with E-state index in [0.29, 0.717) is 22.1 Å². The van der Waals surface area contributed by atoms with Crippen LogP contribution in [0.4, 0.5) is 4.39 Å². The van der Waals surface area contributed by atoms with E-state index in [1.807, 2.05) is 33.8 Å². The van der Waals surface area contributed by atoms with Gasteiger partial charge in [-0.2, -0.15) is 9.49 Å². The smallest absolute Gasteiger partial charge is 0.399 e. The summed E-state index contributed by atoms with van der Waals surface area (Å²) in [6.07, 6.45) is 4.55. The lowest BCUT2D eigenvalue weighted by atomic mass is 9.79. The fourth-order valence-corrected chi connectivity index (χ4v) is 3.19. The first-order valence-corrected chi connectivity index (χ1v) is 8.88. The van der Waals surface area contributed by atoms with Gasteiger partial charge >= 0.3 is 7.12 Å². The first kappa shape index (κ1) is 18.6. The van der Waals surface area contributed by atoms with Crippen LogP contribution in [0.1, 0.15) is 38.1 Å². The molecule has 3 aromatic rings. The Morgan fingerprint density at radius 1 is 1.18 bits per heavy atom. The number of nitrogens with zero attached hydrogens (tertiary/aromatic N) is 3. The Balaban J connectivity index is 1.91. The van der Waals surface area contributed by atoms with Crippen LogP contribution in [-0.2, 0) is 9.31 Å². The van der Waals surface area contributed by atoms with E-state index in [9.17, 15) is 9.18 Å². The Labute approximate surface area is 161 Å². The number of primary amides is 1. The number of carbonyl (C=O) groups excluding carboxylic acids is 1. The highest BCUT2D eigenvalue weighted by Crippen LogP contribution is 2.37. The van der Waals surface area contributed by atoms with Gasteiger partial charge in [0.2, 0.25) is 5.95 Å². The lowest BCUT2D eigenvalue weighted by molar-refractivity contribution is 0.00578. The second kappa shape index (κ2) is 6.12. The molecule has 2 N–H and O–H groups in total. The van der Waals surface area contributed by atoms with E-state index in [1.54, 1.807) is 16.8 Å². The summed E-state index contributed by atoms with van der Waals surface area (Å²) in [5, 5.41) is 4.26. The summed E-state index contributed by atoms with van der Waals surface area (Å²) < 4.78 is 27.1. The molecule has 9 heteroatoms. The summed E-state index contributed by atoms with van der Waals surface area (Å²) >= 11 is 0. The molecule has 1 fully saturated rings. The first-order chi connectivity index (χ1) is 13.1. The van der Waals surface area contributed by atoms with Gasteiger partial charge in [-0.05, 0) is 39.8 Å². The van der Waals surface area contributed by atoms with Gasteiger partial charge in [0.1, 0.15) is 0 Å². The van der Waals surface area contributed by atoms with E-state index in [-0.39, 0.29) is 5.56 Å². The van der Waals surface area contributed by atoms with Gasteiger partial charge < -0.3 is 15.0 Å². The zero-order chi connectivity index (χ0) is 20.3. The molecule has 0 aliphatic carbocycles. The quantitative estimate of drug-likeness (QED) is 0.552. The predicted octanol–water partition coefficient (Wildman–Crippen LogP) is 1.93. The number of rotatable bonds is 3. The average molecular weight is 382 g/mol. The molecule has 0 unspecified atom stereocenters. The molecule has 4 heterocycles. The Kier molecular flexibility index (Phi) is 4.06. The third-order valence-electron chi connectivity index (χ3n) is 5.46. The number of amides is 1. The minimum absolute atomic E-state index is 0.264. The van der Waals surface area contributed by atoms with Crippen LogP contribution in [0.2, 0.25) is 0 Å². The molecule has 0 radical (unpaired) electrons. The van der Waals surface area contributed by atoms with Crippen molar-refractivity contribution in [2.24, 2.45) is 5.73 Å². The highest BCUT2D eigenvalue weighted by molar-refractivity contribution is 6.62. The van der Waals surface area contributed by atoms with Crippen LogP contribution >= 0.6 is 0 Å². The van der Waals surface area contributed by atoms with Crippen LogP contribution < -0.4 is 11.2 Å². The molecule has 1 saturated heterocycles. The van der Waals surface area contributed by atoms with Crippen LogP contribution in [0, 0.1) is 5.95 Å². The van der Waals surface area contributed by atoms with Crippen LogP contribution in [0.5, 0.6) is 0 Å². The van der Waals surface area contributed by atoms with Crippen molar-refractivity contribution in [1.82, 2.24) is 14.6 Å². The molecule has 1 aliphatic rings. The van der Waals surface area contributed by atoms with Gasteiger partial charge in [-0.1, -0.05) is 6.07 Å². The van der Waals surface area contributed by atoms with E-state index >= 15 is 0 Å². The standard InChI is InChI=1S/C19H20BFN4O3/c1-18(2)19(3,4)28-20(27-18)12-7-13(11-5-6-15(21)23-8-11)16-14(17(22)26)9-24-25(16)10-12/h5-10H,1-4H3,(H2,22,26). The van der Waals surface area contributed by atoms with Gasteiger partial charge in [-0.3, -0.25) is 4.79 Å². The fourth-order valence-electron chi connectivity index (χ4n) is 3.19. The van der Waals surface area contributed by atoms with E-state index in [2.05, 4.69) is 10.1 Å². The van der Waals surface area contributed by atoms with Gasteiger partial charge in [-0.15, -0.1) is 0 Å². The van der Waals surface area contributed by atoms with Gasteiger partial charge in [0.25, 0.3) is 5.91 Å². The Hall–Kier alpha value is -2.78. The third kappa shape index (κ3) is 2.87. The SMILES string of the molecule is CC1(C)OB(c2cc(-c3ccc(F)nc3)c3c(C(N)=O)cnn3c2)OC1(C)C. The van der Waals surface area contributed by atoms with Crippen molar-refractivity contribution in [3.63, 3.8) is 0 Å². The van der Waals surface area contributed by atoms with Gasteiger partial charge in [0.05, 0.1) is 28.5 Å². The summed E-state index contributed by atoms with van der Waals surface area (Å²) in [4.78, 5) is 15.6. The van der Waals surface area contributed by atoms with Gasteiger partial charge in [0.15, 0.2) is 0 Å². The average Bonchev–Trinajstić information content (AvgIpc) is 3.13. The number of aromatic nitrogens is 3. The molecule has 1 aliphatic heterocycles. The number of hydrogen-bond acceptors (Lipinski definition) is 5. The van der Waals surface area contributed by atoms with Crippen LogP contribution in [0.25, 0.3) is 16.6 Å². The van der Waals surface area contributed by atoms with Gasteiger partial charge in [-0.25, -0.2) is 9.50 Å². The van der Waals surface area contributed by atoms with Crippen molar-refractivity contribution in [2.75, 3.05) is 0 Å². The minimum Gasteiger partial charge on any atom is -0.399 e. The van der Waals surface area contributed by atoms with Crippen molar-refractivity contribution < 1.29 is 18.5 Å². The normalized spacial score (nSPS) is 18.0. The Morgan fingerprint density at radius 3 is 2.43 bits per heavy atom. The summed E-state index contributed by atoms with van der Waals surface area (Å²) in [7, 11) is -0.622. The van der Waals surface area contributed by atoms with Crippen molar-refractivity contribution in [3.05, 3.63) is 48.3 Å². The molecule has 0 aromatic carbocycles. The highest BCUT2D eigenvalue weighted by Gasteiger charge is 2.52. The number of carbonyl (C=O) groups is 1. The summed E-state index contributed by atoms with van der Waals surface area (Å²) in [6, 6.07) is 4.68. The van der Waals surface area contributed by atoms with Crippen LogP contribution in [-0.4, -0.2) is 38.8 Å².